The molecule has 2 N–H and O–H groups in total. The zero-order chi connectivity index (χ0) is 21.4. The number of anilines is 1. The molecule has 0 saturated carbocycles. The summed E-state index contributed by atoms with van der Waals surface area (Å²) >= 11 is 0. The Bertz CT molecular complexity index is 898. The minimum Gasteiger partial charge on any atom is -0.496 e. The lowest BCUT2D eigenvalue weighted by molar-refractivity contribution is -0.385. The van der Waals surface area contributed by atoms with E-state index in [-0.39, 0.29) is 23.3 Å². The molecular weight excluding hydrogens is 378 g/mol. The summed E-state index contributed by atoms with van der Waals surface area (Å²) in [6.07, 6.45) is 0. The lowest BCUT2D eigenvalue weighted by Gasteiger charge is -2.13. The predicted molar refractivity (Wildman–Crippen MR) is 107 cm³/mol. The second-order valence-corrected chi connectivity index (χ2v) is 6.58. The number of para-hydroxylation sites is 1. The van der Waals surface area contributed by atoms with Gasteiger partial charge in [-0.25, -0.2) is 0 Å². The van der Waals surface area contributed by atoms with Gasteiger partial charge in [0.2, 0.25) is 0 Å². The van der Waals surface area contributed by atoms with Gasteiger partial charge >= 0.3 is 5.69 Å². The van der Waals surface area contributed by atoms with E-state index >= 15 is 0 Å². The van der Waals surface area contributed by atoms with Crippen LogP contribution in [0.4, 0.5) is 11.4 Å². The Morgan fingerprint density at radius 2 is 1.90 bits per heavy atom. The number of methoxy groups -OCH3 is 1. The van der Waals surface area contributed by atoms with Crippen molar-refractivity contribution in [2.45, 2.75) is 13.8 Å². The predicted octanol–water partition coefficient (Wildman–Crippen LogP) is 3.01. The van der Waals surface area contributed by atoms with E-state index in [2.05, 4.69) is 10.6 Å². The molecule has 29 heavy (non-hydrogen) atoms. The summed E-state index contributed by atoms with van der Waals surface area (Å²) in [5, 5.41) is 16.6. The summed E-state index contributed by atoms with van der Waals surface area (Å²) in [5.74, 6) is -0.335. The lowest BCUT2D eigenvalue weighted by atomic mass is 10.1. The quantitative estimate of drug-likeness (QED) is 0.492. The van der Waals surface area contributed by atoms with Crippen molar-refractivity contribution >= 4 is 23.2 Å². The molecule has 0 aliphatic carbocycles. The average Bonchev–Trinajstić information content (AvgIpc) is 2.70. The third-order valence-corrected chi connectivity index (χ3v) is 3.84. The fourth-order valence-corrected chi connectivity index (χ4v) is 2.40. The number of nitro groups is 1. The number of ether oxygens (including phenoxy) is 2. The summed E-state index contributed by atoms with van der Waals surface area (Å²) in [5.41, 5.74) is 0.328. The molecule has 154 valence electrons. The van der Waals surface area contributed by atoms with E-state index < -0.39 is 17.4 Å². The summed E-state index contributed by atoms with van der Waals surface area (Å²) < 4.78 is 10.3. The van der Waals surface area contributed by atoms with E-state index in [4.69, 9.17) is 9.47 Å². The van der Waals surface area contributed by atoms with Gasteiger partial charge in [0.05, 0.1) is 29.4 Å². The summed E-state index contributed by atoms with van der Waals surface area (Å²) in [7, 11) is 1.39. The Hall–Kier alpha value is -3.62. The molecule has 0 bridgehead atoms. The van der Waals surface area contributed by atoms with Crippen molar-refractivity contribution in [1.29, 1.82) is 0 Å². The van der Waals surface area contributed by atoms with Crippen molar-refractivity contribution < 1.29 is 24.0 Å². The second kappa shape index (κ2) is 10.1. The Kier molecular flexibility index (Phi) is 7.53. The Balaban J connectivity index is 2.05. The fourth-order valence-electron chi connectivity index (χ4n) is 2.40. The number of benzene rings is 2. The summed E-state index contributed by atoms with van der Waals surface area (Å²) in [6, 6.07) is 10.6. The van der Waals surface area contributed by atoms with E-state index in [1.165, 1.54) is 25.3 Å². The molecule has 0 heterocycles. The number of rotatable bonds is 9. The van der Waals surface area contributed by atoms with Crippen molar-refractivity contribution in [3.8, 4) is 11.5 Å². The average molecular weight is 401 g/mol. The van der Waals surface area contributed by atoms with Crippen LogP contribution in [0.15, 0.2) is 42.5 Å². The third kappa shape index (κ3) is 6.20. The largest absolute Gasteiger partial charge is 0.496 e. The molecule has 0 aliphatic heterocycles. The van der Waals surface area contributed by atoms with Crippen LogP contribution in [0.3, 0.4) is 0 Å². The monoisotopic (exact) mass is 401 g/mol. The maximum absolute atomic E-state index is 12.3. The molecule has 9 heteroatoms. The highest BCUT2D eigenvalue weighted by molar-refractivity contribution is 6.04. The number of hydrogen-bond acceptors (Lipinski definition) is 6. The van der Waals surface area contributed by atoms with E-state index in [1.54, 1.807) is 24.3 Å². The van der Waals surface area contributed by atoms with Gasteiger partial charge in [0.25, 0.3) is 11.8 Å². The molecule has 2 rings (SSSR count). The van der Waals surface area contributed by atoms with Crippen LogP contribution in [0.5, 0.6) is 11.5 Å². The van der Waals surface area contributed by atoms with Crippen molar-refractivity contribution in [3.63, 3.8) is 0 Å². The first-order chi connectivity index (χ1) is 13.8. The van der Waals surface area contributed by atoms with Crippen LogP contribution in [0, 0.1) is 16.0 Å². The zero-order valence-corrected chi connectivity index (χ0v) is 16.4. The standard InChI is InChI=1S/C20H23N3O6/c1-13(2)11-21-20(25)15-6-4-5-7-16(15)22-19(24)12-29-18-9-8-14(28-3)10-17(18)23(26)27/h4-10,13H,11-12H2,1-3H3,(H,21,25)(H,22,24). The van der Waals surface area contributed by atoms with Crippen molar-refractivity contribution in [1.82, 2.24) is 5.32 Å². The van der Waals surface area contributed by atoms with Crippen LogP contribution in [0.1, 0.15) is 24.2 Å². The molecule has 0 saturated heterocycles. The van der Waals surface area contributed by atoms with Crippen molar-refractivity contribution in [2.75, 3.05) is 25.6 Å². The van der Waals surface area contributed by atoms with Crippen LogP contribution in [-0.4, -0.2) is 37.0 Å². The van der Waals surface area contributed by atoms with Crippen LogP contribution in [0.2, 0.25) is 0 Å². The lowest BCUT2D eigenvalue weighted by Crippen LogP contribution is -2.29. The molecule has 0 aliphatic rings. The smallest absolute Gasteiger partial charge is 0.314 e. The number of nitrogens with zero attached hydrogens (tertiary/aromatic N) is 1. The number of hydrogen-bond donors (Lipinski definition) is 2. The number of carbonyl (C=O) groups excluding carboxylic acids is 2. The zero-order valence-electron chi connectivity index (χ0n) is 16.4. The van der Waals surface area contributed by atoms with Gasteiger partial charge in [0, 0.05) is 6.54 Å². The molecule has 2 aromatic rings. The normalized spacial score (nSPS) is 10.3. The molecular formula is C20H23N3O6. The summed E-state index contributed by atoms with van der Waals surface area (Å²) in [6.45, 7) is 3.99. The Morgan fingerprint density at radius 3 is 2.55 bits per heavy atom. The molecule has 9 nitrogen and oxygen atoms in total. The third-order valence-electron chi connectivity index (χ3n) is 3.84. The van der Waals surface area contributed by atoms with E-state index in [0.29, 0.717) is 23.5 Å². The van der Waals surface area contributed by atoms with Gasteiger partial charge in [-0.1, -0.05) is 26.0 Å². The number of nitro benzene ring substituents is 1. The van der Waals surface area contributed by atoms with E-state index in [1.807, 2.05) is 13.8 Å². The van der Waals surface area contributed by atoms with Crippen LogP contribution >= 0.6 is 0 Å². The highest BCUT2D eigenvalue weighted by Crippen LogP contribution is 2.31. The van der Waals surface area contributed by atoms with E-state index in [9.17, 15) is 19.7 Å². The van der Waals surface area contributed by atoms with Gasteiger partial charge < -0.3 is 20.1 Å². The first-order valence-corrected chi connectivity index (χ1v) is 8.94. The molecule has 0 fully saturated rings. The number of carbonyl (C=O) groups is 2. The minimum atomic E-state index is -0.621. The van der Waals surface area contributed by atoms with Gasteiger partial charge in [-0.05, 0) is 30.2 Å². The number of nitrogens with one attached hydrogen (secondary N) is 2. The first kappa shape index (κ1) is 21.7. The van der Waals surface area contributed by atoms with Gasteiger partial charge in [-0.2, -0.15) is 0 Å². The molecule has 2 amide bonds. The van der Waals surface area contributed by atoms with Crippen molar-refractivity contribution in [2.24, 2.45) is 5.92 Å². The molecule has 0 aromatic heterocycles. The number of amides is 2. The van der Waals surface area contributed by atoms with Crippen LogP contribution in [0.25, 0.3) is 0 Å². The molecule has 0 unspecified atom stereocenters. The van der Waals surface area contributed by atoms with Crippen LogP contribution < -0.4 is 20.1 Å². The Labute approximate surface area is 168 Å². The molecule has 0 atom stereocenters. The highest BCUT2D eigenvalue weighted by Gasteiger charge is 2.18. The van der Waals surface area contributed by atoms with Crippen molar-refractivity contribution in [3.05, 3.63) is 58.1 Å². The van der Waals surface area contributed by atoms with E-state index in [0.717, 1.165) is 0 Å². The maximum atomic E-state index is 12.3. The van der Waals surface area contributed by atoms with Gasteiger partial charge in [0.1, 0.15) is 5.75 Å². The SMILES string of the molecule is COc1ccc(OCC(=O)Nc2ccccc2C(=O)NCC(C)C)c([N+](=O)[O-])c1. The topological polar surface area (TPSA) is 120 Å². The molecule has 0 radical (unpaired) electrons. The second-order valence-electron chi connectivity index (χ2n) is 6.58. The molecule has 0 spiro atoms. The molecule has 2 aromatic carbocycles. The minimum absolute atomic E-state index is 0.0612. The van der Waals surface area contributed by atoms with Gasteiger partial charge in [-0.3, -0.25) is 19.7 Å². The Morgan fingerprint density at radius 1 is 1.17 bits per heavy atom. The fraction of sp³-hybridized carbons (Fsp3) is 0.300. The summed E-state index contributed by atoms with van der Waals surface area (Å²) in [4.78, 5) is 35.2. The highest BCUT2D eigenvalue weighted by atomic mass is 16.6. The maximum Gasteiger partial charge on any atom is 0.314 e. The first-order valence-electron chi connectivity index (χ1n) is 8.94. The van der Waals surface area contributed by atoms with Gasteiger partial charge in [0.15, 0.2) is 12.4 Å². The van der Waals surface area contributed by atoms with Gasteiger partial charge in [-0.15, -0.1) is 0 Å². The van der Waals surface area contributed by atoms with Crippen LogP contribution in [-0.2, 0) is 4.79 Å².